The van der Waals surface area contributed by atoms with E-state index in [1.54, 1.807) is 20.8 Å². The molecular weight excluding hydrogens is 299 g/mol. The van der Waals surface area contributed by atoms with Gasteiger partial charge in [-0.1, -0.05) is 6.07 Å². The molecule has 2 rings (SSSR count). The highest BCUT2D eigenvalue weighted by atomic mass is 19.4. The predicted molar refractivity (Wildman–Crippen MR) is 74.0 cm³/mol. The molecule has 1 amide bonds. The van der Waals surface area contributed by atoms with Crippen LogP contribution >= 0.6 is 0 Å². The van der Waals surface area contributed by atoms with E-state index in [1.165, 1.54) is 12.1 Å². The van der Waals surface area contributed by atoms with Crippen molar-refractivity contribution in [2.24, 2.45) is 0 Å². The van der Waals surface area contributed by atoms with Crippen molar-refractivity contribution in [2.75, 3.05) is 5.32 Å². The molecule has 1 heterocycles. The number of anilines is 1. The quantitative estimate of drug-likeness (QED) is 0.916. The number of hydrogen-bond acceptors (Lipinski definition) is 3. The highest BCUT2D eigenvalue weighted by molar-refractivity contribution is 6.06. The van der Waals surface area contributed by atoms with Crippen LogP contribution in [0.3, 0.4) is 0 Å². The molecule has 0 fully saturated rings. The van der Waals surface area contributed by atoms with Crippen LogP contribution in [0, 0.1) is 20.8 Å². The zero-order chi connectivity index (χ0) is 16.5. The third-order valence-electron chi connectivity index (χ3n) is 3.11. The molecule has 4 nitrogen and oxygen atoms in total. The summed E-state index contributed by atoms with van der Waals surface area (Å²) >= 11 is 0. The minimum atomic E-state index is -4.78. The van der Waals surface area contributed by atoms with E-state index < -0.39 is 18.0 Å². The van der Waals surface area contributed by atoms with Crippen LogP contribution in [0.5, 0.6) is 5.75 Å². The van der Waals surface area contributed by atoms with E-state index in [0.717, 1.165) is 12.1 Å². The fourth-order valence-electron chi connectivity index (χ4n) is 2.09. The molecule has 0 bridgehead atoms. The van der Waals surface area contributed by atoms with E-state index >= 15 is 0 Å². The number of nitrogens with one attached hydrogen (secondary N) is 1. The van der Waals surface area contributed by atoms with E-state index in [9.17, 15) is 18.0 Å². The van der Waals surface area contributed by atoms with Crippen molar-refractivity contribution in [1.82, 2.24) is 0 Å². The van der Waals surface area contributed by atoms with E-state index in [-0.39, 0.29) is 5.69 Å². The number of halogens is 3. The molecule has 0 spiro atoms. The van der Waals surface area contributed by atoms with Gasteiger partial charge in [-0.05, 0) is 32.9 Å². The summed E-state index contributed by atoms with van der Waals surface area (Å²) in [6, 6.07) is 5.08. The van der Waals surface area contributed by atoms with Gasteiger partial charge in [0.05, 0.1) is 5.56 Å². The average Bonchev–Trinajstić information content (AvgIpc) is 2.61. The highest BCUT2D eigenvalue weighted by Gasteiger charge is 2.31. The number of carbonyl (C=O) groups is 1. The van der Waals surface area contributed by atoms with Gasteiger partial charge in [0.2, 0.25) is 0 Å². The van der Waals surface area contributed by atoms with Crippen molar-refractivity contribution in [2.45, 2.75) is 27.1 Å². The van der Waals surface area contributed by atoms with Crippen molar-refractivity contribution < 1.29 is 27.1 Å². The van der Waals surface area contributed by atoms with Gasteiger partial charge < -0.3 is 14.5 Å². The Hall–Kier alpha value is -2.44. The van der Waals surface area contributed by atoms with Gasteiger partial charge in [0.15, 0.2) is 0 Å². The zero-order valence-corrected chi connectivity index (χ0v) is 12.2. The fraction of sp³-hybridized carbons (Fsp3) is 0.267. The summed E-state index contributed by atoms with van der Waals surface area (Å²) in [6.07, 6.45) is -4.78. The summed E-state index contributed by atoms with van der Waals surface area (Å²) in [6.45, 7) is 5.12. The third-order valence-corrected chi connectivity index (χ3v) is 3.11. The molecule has 0 atom stereocenters. The maximum atomic E-state index is 12.2. The number of amides is 1. The number of ether oxygens (including phenoxy) is 1. The molecule has 1 N–H and O–H groups in total. The first-order valence-corrected chi connectivity index (χ1v) is 6.41. The Kier molecular flexibility index (Phi) is 4.16. The molecule has 0 radical (unpaired) electrons. The van der Waals surface area contributed by atoms with Crippen molar-refractivity contribution in [3.63, 3.8) is 0 Å². The number of carbonyl (C=O) groups excluding carboxylic acids is 1. The zero-order valence-electron chi connectivity index (χ0n) is 12.2. The molecule has 0 aliphatic carbocycles. The topological polar surface area (TPSA) is 51.5 Å². The molecule has 0 saturated carbocycles. The third kappa shape index (κ3) is 3.60. The van der Waals surface area contributed by atoms with Gasteiger partial charge in [0, 0.05) is 17.3 Å². The van der Waals surface area contributed by atoms with Gasteiger partial charge in [-0.25, -0.2) is 0 Å². The lowest BCUT2D eigenvalue weighted by atomic mass is 10.1. The van der Waals surface area contributed by atoms with E-state index in [4.69, 9.17) is 4.42 Å². The highest BCUT2D eigenvalue weighted by Crippen LogP contribution is 2.26. The number of furan rings is 1. The van der Waals surface area contributed by atoms with Crippen LogP contribution in [0.1, 0.15) is 27.4 Å². The number of hydrogen-bond donors (Lipinski definition) is 1. The lowest BCUT2D eigenvalue weighted by Crippen LogP contribution is -2.17. The van der Waals surface area contributed by atoms with Crippen molar-refractivity contribution in [3.8, 4) is 5.75 Å². The Balaban J connectivity index is 2.20. The van der Waals surface area contributed by atoms with Gasteiger partial charge in [-0.3, -0.25) is 4.79 Å². The lowest BCUT2D eigenvalue weighted by molar-refractivity contribution is -0.274. The van der Waals surface area contributed by atoms with E-state index in [1.807, 2.05) is 0 Å². The maximum Gasteiger partial charge on any atom is 0.573 e. The molecule has 0 aliphatic heterocycles. The van der Waals surface area contributed by atoms with Crippen LogP contribution in [0.4, 0.5) is 18.9 Å². The van der Waals surface area contributed by atoms with Gasteiger partial charge in [0.1, 0.15) is 17.3 Å². The van der Waals surface area contributed by atoms with Crippen LogP contribution in [-0.2, 0) is 0 Å². The fourth-order valence-corrected chi connectivity index (χ4v) is 2.09. The number of aryl methyl sites for hydroxylation is 2. The summed E-state index contributed by atoms with van der Waals surface area (Å²) in [5.74, 6) is 0.227. The molecule has 2 aromatic rings. The van der Waals surface area contributed by atoms with Crippen LogP contribution in [0.2, 0.25) is 0 Å². The number of benzene rings is 1. The predicted octanol–water partition coefficient (Wildman–Crippen LogP) is 4.36. The summed E-state index contributed by atoms with van der Waals surface area (Å²) in [4.78, 5) is 12.2. The van der Waals surface area contributed by atoms with Gasteiger partial charge >= 0.3 is 6.36 Å². The van der Waals surface area contributed by atoms with Crippen molar-refractivity contribution >= 4 is 11.6 Å². The first-order valence-electron chi connectivity index (χ1n) is 6.41. The number of rotatable bonds is 3. The van der Waals surface area contributed by atoms with Gasteiger partial charge in [-0.15, -0.1) is 13.2 Å². The summed E-state index contributed by atoms with van der Waals surface area (Å²) in [5.41, 5.74) is 1.27. The Morgan fingerprint density at radius 3 is 2.41 bits per heavy atom. The van der Waals surface area contributed by atoms with Crippen LogP contribution in [0.15, 0.2) is 28.7 Å². The standard InChI is InChI=1S/C15H14F3NO3/c1-8-9(2)21-10(3)13(8)14(20)19-11-5-4-6-12(7-11)22-15(16,17)18/h4-7H,1-3H3,(H,19,20). The summed E-state index contributed by atoms with van der Waals surface area (Å²) < 4.78 is 45.7. The molecule has 1 aromatic carbocycles. The van der Waals surface area contributed by atoms with E-state index in [0.29, 0.717) is 22.6 Å². The summed E-state index contributed by atoms with van der Waals surface area (Å²) in [5, 5.41) is 2.53. The first kappa shape index (κ1) is 15.9. The molecule has 0 unspecified atom stereocenters. The van der Waals surface area contributed by atoms with Crippen molar-refractivity contribution in [1.29, 1.82) is 0 Å². The SMILES string of the molecule is Cc1oc(C)c(C(=O)Nc2cccc(OC(F)(F)F)c2)c1C. The van der Waals surface area contributed by atoms with Crippen LogP contribution in [0.25, 0.3) is 0 Å². The molecule has 22 heavy (non-hydrogen) atoms. The minimum absolute atomic E-state index is 0.199. The maximum absolute atomic E-state index is 12.2. The monoisotopic (exact) mass is 313 g/mol. The van der Waals surface area contributed by atoms with Gasteiger partial charge in [0.25, 0.3) is 5.91 Å². The second-order valence-electron chi connectivity index (χ2n) is 4.74. The molecule has 0 aliphatic rings. The largest absolute Gasteiger partial charge is 0.573 e. The average molecular weight is 313 g/mol. The van der Waals surface area contributed by atoms with Crippen LogP contribution < -0.4 is 10.1 Å². The normalized spacial score (nSPS) is 11.4. The second kappa shape index (κ2) is 5.75. The number of alkyl halides is 3. The summed E-state index contributed by atoms with van der Waals surface area (Å²) in [7, 11) is 0. The molecule has 0 saturated heterocycles. The smallest absolute Gasteiger partial charge is 0.466 e. The Morgan fingerprint density at radius 1 is 1.18 bits per heavy atom. The molecule has 1 aromatic heterocycles. The Bertz CT molecular complexity index is 705. The minimum Gasteiger partial charge on any atom is -0.466 e. The van der Waals surface area contributed by atoms with Crippen molar-refractivity contribution in [3.05, 3.63) is 46.9 Å². The van der Waals surface area contributed by atoms with Crippen LogP contribution in [-0.4, -0.2) is 12.3 Å². The Morgan fingerprint density at radius 2 is 1.86 bits per heavy atom. The van der Waals surface area contributed by atoms with Gasteiger partial charge in [-0.2, -0.15) is 0 Å². The molecule has 118 valence electrons. The Labute approximate surface area is 124 Å². The lowest BCUT2D eigenvalue weighted by Gasteiger charge is -2.10. The first-order chi connectivity index (χ1) is 10.2. The molecule has 7 heteroatoms. The molecular formula is C15H14F3NO3. The second-order valence-corrected chi connectivity index (χ2v) is 4.74. The van der Waals surface area contributed by atoms with E-state index in [2.05, 4.69) is 10.1 Å².